The molecule has 2 amide bonds. The van der Waals surface area contributed by atoms with Crippen LogP contribution >= 0.6 is 0 Å². The van der Waals surface area contributed by atoms with Gasteiger partial charge in [-0.3, -0.25) is 9.59 Å². The molecule has 82 heavy (non-hydrogen) atoms. The number of unbranched alkanes of at least 4 members (excludes halogenated alkanes) is 18. The summed E-state index contributed by atoms with van der Waals surface area (Å²) < 4.78 is 34.3. The number of carbonyl (C=O) groups is 6. The molecular formula is C68H96N2O12. The van der Waals surface area contributed by atoms with Gasteiger partial charge in [-0.2, -0.15) is 0 Å². The quantitative estimate of drug-likeness (QED) is 0.0237. The highest BCUT2D eigenvalue weighted by Crippen LogP contribution is 2.27. The molecule has 0 fully saturated rings. The zero-order valence-corrected chi connectivity index (χ0v) is 50.6. The van der Waals surface area contributed by atoms with Crippen molar-refractivity contribution >= 4 is 47.1 Å². The average molecular weight is 1130 g/mol. The summed E-state index contributed by atoms with van der Waals surface area (Å²) in [7, 11) is 0. The van der Waals surface area contributed by atoms with E-state index in [4.69, 9.17) is 28.4 Å². The molecule has 2 N–H and O–H groups in total. The maximum Gasteiger partial charge on any atom is 0.339 e. The molecule has 3 aromatic rings. The van der Waals surface area contributed by atoms with Crippen molar-refractivity contribution < 1.29 is 57.2 Å². The Hall–Kier alpha value is -6.48. The van der Waals surface area contributed by atoms with Crippen LogP contribution in [0.25, 0.3) is 0 Å². The number of hydrogen-bond acceptors (Lipinski definition) is 12. The molecule has 0 saturated carbocycles. The summed E-state index contributed by atoms with van der Waals surface area (Å²) in [5, 5.41) is 5.98. The fraction of sp³-hybridized carbons (Fsp3) is 0.588. The van der Waals surface area contributed by atoms with Crippen LogP contribution in [0.2, 0.25) is 0 Å². The smallest absolute Gasteiger partial charge is 0.339 e. The van der Waals surface area contributed by atoms with Crippen molar-refractivity contribution in [1.29, 1.82) is 0 Å². The van der Waals surface area contributed by atoms with E-state index < -0.39 is 23.9 Å². The van der Waals surface area contributed by atoms with Crippen LogP contribution in [-0.2, 0) is 38.0 Å². The zero-order chi connectivity index (χ0) is 59.4. The highest BCUT2D eigenvalue weighted by atomic mass is 16.5. The summed E-state index contributed by atoms with van der Waals surface area (Å²) in [5.41, 5.74) is 1.92. The molecule has 0 aromatic heterocycles. The lowest BCUT2D eigenvalue weighted by atomic mass is 10.0. The van der Waals surface area contributed by atoms with Crippen molar-refractivity contribution in [2.45, 2.75) is 208 Å². The number of hydrogen-bond donors (Lipinski definition) is 2. The van der Waals surface area contributed by atoms with E-state index in [0.717, 1.165) is 128 Å². The summed E-state index contributed by atoms with van der Waals surface area (Å²) >= 11 is 0. The molecule has 0 spiro atoms. The van der Waals surface area contributed by atoms with E-state index >= 15 is 0 Å². The molecule has 14 heteroatoms. The van der Waals surface area contributed by atoms with Gasteiger partial charge in [0, 0.05) is 24.3 Å². The first-order chi connectivity index (χ1) is 40.0. The SMILES string of the molecule is CCCCCCOCCC(=O)Nc1cc(C#Cc2cc(C(=O)OCCCCCC)ccc2C(=O)OCCCCCC)c(NC(=O)CCOCCCCCC)cc1C#Cc1cc(C(=O)OCCCCCC)ccc1C(=O)OCCCCCC. The third kappa shape index (κ3) is 29.0. The molecule has 0 unspecified atom stereocenters. The topological polar surface area (TPSA) is 182 Å². The molecular weight excluding hydrogens is 1040 g/mol. The van der Waals surface area contributed by atoms with Gasteiger partial charge in [-0.05, 0) is 87.1 Å². The van der Waals surface area contributed by atoms with Crippen LogP contribution in [0.5, 0.6) is 0 Å². The molecule has 0 saturated heterocycles. The van der Waals surface area contributed by atoms with Crippen LogP contribution in [-0.4, -0.2) is 88.5 Å². The molecule has 0 aliphatic heterocycles. The van der Waals surface area contributed by atoms with Crippen molar-refractivity contribution in [2.24, 2.45) is 0 Å². The second-order valence-electron chi connectivity index (χ2n) is 20.7. The van der Waals surface area contributed by atoms with Crippen LogP contribution in [0.15, 0.2) is 48.5 Å². The van der Waals surface area contributed by atoms with E-state index in [-0.39, 0.29) is 120 Å². The van der Waals surface area contributed by atoms with Gasteiger partial charge in [0.05, 0.1) is 97.2 Å². The minimum absolute atomic E-state index is 0.0147. The van der Waals surface area contributed by atoms with Crippen molar-refractivity contribution in [1.82, 2.24) is 0 Å². The number of carbonyl (C=O) groups excluding carboxylic acids is 6. The van der Waals surface area contributed by atoms with E-state index in [0.29, 0.717) is 38.9 Å². The number of nitrogens with one attached hydrogen (secondary N) is 2. The van der Waals surface area contributed by atoms with Crippen LogP contribution in [0.3, 0.4) is 0 Å². The van der Waals surface area contributed by atoms with Gasteiger partial charge in [-0.15, -0.1) is 0 Å². The normalized spacial score (nSPS) is 10.7. The number of amides is 2. The maximum atomic E-state index is 13.9. The number of rotatable bonds is 42. The maximum absolute atomic E-state index is 13.9. The molecule has 0 aliphatic rings. The van der Waals surface area contributed by atoms with Crippen LogP contribution in [0.4, 0.5) is 11.4 Å². The number of esters is 4. The number of ether oxygens (including phenoxy) is 6. The lowest BCUT2D eigenvalue weighted by Crippen LogP contribution is -2.17. The third-order valence-corrected chi connectivity index (χ3v) is 13.5. The highest BCUT2D eigenvalue weighted by molar-refractivity contribution is 5.99. The van der Waals surface area contributed by atoms with Crippen molar-refractivity contribution in [3.05, 3.63) is 93.0 Å². The molecule has 0 heterocycles. The van der Waals surface area contributed by atoms with Crippen LogP contribution in [0, 0.1) is 23.7 Å². The fourth-order valence-electron chi connectivity index (χ4n) is 8.51. The lowest BCUT2D eigenvalue weighted by molar-refractivity contribution is -0.118. The summed E-state index contributed by atoms with van der Waals surface area (Å²) in [4.78, 5) is 82.0. The Bertz CT molecular complexity index is 2360. The molecule has 450 valence electrons. The number of anilines is 2. The first kappa shape index (κ1) is 69.8. The zero-order valence-electron chi connectivity index (χ0n) is 50.6. The predicted octanol–water partition coefficient (Wildman–Crippen LogP) is 15.3. The standard InChI is InChI=1S/C68H96N2O12/c1-7-13-19-25-41-77-47-39-63(71)69-61-51-56(34-32-54-50-58(66(74)80-44-28-22-16-10-4)36-38-60(54)68(76)82-46-30-24-18-12-6)62(70-64(72)40-48-78-42-26-20-14-8-2)52-55(61)33-31-53-49-57(65(73)79-43-27-21-15-9-3)35-37-59(53)67(75)81-45-29-23-17-11-5/h35-38,49-52H,7-30,39-48H2,1-6H3,(H,69,71)(H,70,72). The Labute approximate surface area is 491 Å². The summed E-state index contributed by atoms with van der Waals surface area (Å²) in [6.45, 7) is 15.0. The average Bonchev–Trinajstić information content (AvgIpc) is 3.53. The summed E-state index contributed by atoms with van der Waals surface area (Å²) in [5.74, 6) is 9.37. The van der Waals surface area contributed by atoms with Gasteiger partial charge in [-0.1, -0.05) is 181 Å². The van der Waals surface area contributed by atoms with Gasteiger partial charge >= 0.3 is 23.9 Å². The Morgan fingerprint density at radius 1 is 0.329 bits per heavy atom. The molecule has 0 bridgehead atoms. The highest BCUT2D eigenvalue weighted by Gasteiger charge is 2.20. The summed E-state index contributed by atoms with van der Waals surface area (Å²) in [6.07, 6.45) is 22.8. The van der Waals surface area contributed by atoms with Crippen molar-refractivity contribution in [3.63, 3.8) is 0 Å². The third-order valence-electron chi connectivity index (χ3n) is 13.5. The van der Waals surface area contributed by atoms with Crippen molar-refractivity contribution in [3.8, 4) is 23.7 Å². The second-order valence-corrected chi connectivity index (χ2v) is 20.7. The fourth-order valence-corrected chi connectivity index (χ4v) is 8.51. The minimum Gasteiger partial charge on any atom is -0.462 e. The van der Waals surface area contributed by atoms with Crippen LogP contribution in [0.1, 0.15) is 272 Å². The second kappa shape index (κ2) is 44.1. The monoisotopic (exact) mass is 1130 g/mol. The molecule has 3 aromatic carbocycles. The van der Waals surface area contributed by atoms with E-state index in [2.05, 4.69) is 75.9 Å². The Balaban J connectivity index is 2.30. The largest absolute Gasteiger partial charge is 0.462 e. The first-order valence-corrected chi connectivity index (χ1v) is 30.9. The molecule has 0 atom stereocenters. The van der Waals surface area contributed by atoms with E-state index in [9.17, 15) is 28.8 Å². The number of benzene rings is 3. The Morgan fingerprint density at radius 3 is 0.939 bits per heavy atom. The van der Waals surface area contributed by atoms with Gasteiger partial charge in [0.15, 0.2) is 0 Å². The van der Waals surface area contributed by atoms with Gasteiger partial charge in [-0.25, -0.2) is 19.2 Å². The minimum atomic E-state index is -0.612. The Kier molecular flexibility index (Phi) is 37.6. The van der Waals surface area contributed by atoms with Crippen molar-refractivity contribution in [2.75, 3.05) is 63.5 Å². The lowest BCUT2D eigenvalue weighted by Gasteiger charge is -2.14. The molecule has 14 nitrogen and oxygen atoms in total. The molecule has 3 rings (SSSR count). The van der Waals surface area contributed by atoms with Gasteiger partial charge in [0.1, 0.15) is 0 Å². The van der Waals surface area contributed by atoms with E-state index in [1.165, 1.54) is 36.4 Å². The van der Waals surface area contributed by atoms with Gasteiger partial charge < -0.3 is 39.1 Å². The van der Waals surface area contributed by atoms with E-state index in [1.54, 1.807) is 12.1 Å². The first-order valence-electron chi connectivity index (χ1n) is 30.9. The Morgan fingerprint density at radius 2 is 0.622 bits per heavy atom. The predicted molar refractivity (Wildman–Crippen MR) is 325 cm³/mol. The van der Waals surface area contributed by atoms with E-state index in [1.807, 2.05) is 0 Å². The summed E-state index contributed by atoms with van der Waals surface area (Å²) in [6, 6.07) is 12.2. The van der Waals surface area contributed by atoms with Gasteiger partial charge in [0.25, 0.3) is 0 Å². The molecule has 0 aliphatic carbocycles. The van der Waals surface area contributed by atoms with Gasteiger partial charge in [0.2, 0.25) is 11.8 Å². The van der Waals surface area contributed by atoms with Crippen LogP contribution < -0.4 is 10.6 Å². The molecule has 0 radical (unpaired) electrons.